The number of ether oxygens (including phenoxy) is 2. The van der Waals surface area contributed by atoms with E-state index in [0.717, 1.165) is 57.8 Å². The number of rotatable bonds is 54. The minimum atomic E-state index is -5.69. The maximum absolute atomic E-state index is 13.8. The van der Waals surface area contributed by atoms with Gasteiger partial charge in [-0.25, -0.2) is 9.13 Å². The maximum Gasteiger partial charge on any atom is 0.472 e. The monoisotopic (exact) mass is 1390 g/mol. The van der Waals surface area contributed by atoms with Crippen molar-refractivity contribution in [2.75, 3.05) is 13.2 Å². The predicted octanol–water partition coefficient (Wildman–Crippen LogP) is 4.89. The normalized spacial score (nSPS) is 31.2. The molecular formula is C64H125NO26P2. The molecule has 2 saturated carbocycles. The average Bonchev–Trinajstić information content (AvgIpc) is 0.796. The highest BCUT2D eigenvalue weighted by atomic mass is 31.2. The zero-order chi connectivity index (χ0) is 68.9. The summed E-state index contributed by atoms with van der Waals surface area (Å²) < 4.78 is 57.9. The Labute approximate surface area is 552 Å². The number of hydrogen-bond acceptors (Lipinski definition) is 24. The Bertz CT molecular complexity index is 2000. The summed E-state index contributed by atoms with van der Waals surface area (Å²) in [5, 5.41) is 163. The van der Waals surface area contributed by atoms with Crippen molar-refractivity contribution in [2.45, 2.75) is 386 Å². The van der Waals surface area contributed by atoms with Crippen molar-refractivity contribution >= 4 is 21.6 Å². The Morgan fingerprint density at radius 3 is 1.11 bits per heavy atom. The summed E-state index contributed by atoms with van der Waals surface area (Å²) in [5.41, 5.74) is 0. The number of phosphoric ester groups is 2. The molecule has 0 radical (unpaired) electrons. The molecule has 0 aromatic heterocycles. The van der Waals surface area contributed by atoms with Crippen molar-refractivity contribution in [1.82, 2.24) is 5.32 Å². The predicted molar refractivity (Wildman–Crippen MR) is 344 cm³/mol. The van der Waals surface area contributed by atoms with Gasteiger partial charge in [0.05, 0.1) is 25.4 Å². The van der Waals surface area contributed by atoms with Crippen LogP contribution in [0.4, 0.5) is 0 Å². The molecule has 1 aliphatic heterocycles. The lowest BCUT2D eigenvalue weighted by molar-refractivity contribution is -0.337. The lowest BCUT2D eigenvalue weighted by atomic mass is 9.84. The fourth-order valence-electron chi connectivity index (χ4n) is 12.4. The number of carbonyl (C=O) groups excluding carboxylic acids is 1. The molecule has 3 aliphatic rings. The molecule has 7 unspecified atom stereocenters. The molecule has 2 aliphatic carbocycles. The number of amides is 1. The summed E-state index contributed by atoms with van der Waals surface area (Å²) >= 11 is 0. The molecule has 29 heteroatoms. The number of aliphatic hydroxyl groups excluding tert-OH is 15. The van der Waals surface area contributed by atoms with Gasteiger partial charge in [-0.3, -0.25) is 22.9 Å². The summed E-state index contributed by atoms with van der Waals surface area (Å²) in [6.07, 6.45) is -2.00. The second-order valence-electron chi connectivity index (χ2n) is 26.5. The molecule has 27 nitrogen and oxygen atoms in total. The smallest absolute Gasteiger partial charge is 0.390 e. The minimum absolute atomic E-state index is 0.0372. The molecule has 23 atom stereocenters. The fraction of sp³-hybridized carbons (Fsp3) is 0.984. The van der Waals surface area contributed by atoms with Crippen LogP contribution in [-0.4, -0.2) is 234 Å². The van der Waals surface area contributed by atoms with Crippen LogP contribution < -0.4 is 5.32 Å². The summed E-state index contributed by atoms with van der Waals surface area (Å²) in [4.78, 5) is 35.1. The quantitative estimate of drug-likeness (QED) is 0.0285. The number of nitrogens with one attached hydrogen (secondary N) is 1. The first kappa shape index (κ1) is 86.2. The van der Waals surface area contributed by atoms with E-state index in [1.165, 1.54) is 154 Å². The number of hydrogen-bond donors (Lipinski definition) is 18. The zero-order valence-corrected chi connectivity index (χ0v) is 57.4. The van der Waals surface area contributed by atoms with Crippen LogP contribution in [0, 0.1) is 0 Å². The van der Waals surface area contributed by atoms with E-state index in [0.29, 0.717) is 19.3 Å². The zero-order valence-electron chi connectivity index (χ0n) is 55.6. The van der Waals surface area contributed by atoms with Gasteiger partial charge >= 0.3 is 15.6 Å². The fourth-order valence-corrected chi connectivity index (χ4v) is 14.3. The van der Waals surface area contributed by atoms with E-state index in [4.69, 9.17) is 27.6 Å². The summed E-state index contributed by atoms with van der Waals surface area (Å²) in [6.45, 7) is 2.08. The van der Waals surface area contributed by atoms with Gasteiger partial charge in [-0.1, -0.05) is 245 Å². The standard InChI is InChI=1S/C64H125NO26P2/c1-3-5-7-9-11-13-15-17-19-20-21-22-23-24-25-26-28-30-32-34-36-38-40-45(67)63(81)65-43(47(68)44(66)39-37-35-33-31-29-27-18-16-14-12-10-8-6-4-2)41-86-92(82,83)91-62-58(79)54(75)53(74)57(78)61(62)89-64-59(80)49(70)48(69)46(88-64)42-87-93(84,85)90-60-55(76)51(72)50(71)52(73)56(60)77/h43-62,64,66-80H,3-42H2,1-2H3,(H,65,81)(H,82,83)(H,84,85)/t43-,44?,45?,46+,47-,48+,49-,50?,51-,52+,53+,54+,55+,56+,57-,58+,59-,60?,61+,62+,64?/m0/s1. The van der Waals surface area contributed by atoms with Crippen LogP contribution in [0.1, 0.15) is 258 Å². The van der Waals surface area contributed by atoms with Crippen molar-refractivity contribution < 1.29 is 128 Å². The number of unbranched alkanes of at least 4 members (excludes halogenated alkanes) is 34. The second-order valence-corrected chi connectivity index (χ2v) is 29.3. The van der Waals surface area contributed by atoms with E-state index in [1.807, 2.05) is 0 Å². The molecule has 1 amide bonds. The van der Waals surface area contributed by atoms with E-state index in [9.17, 15) is 100 Å². The van der Waals surface area contributed by atoms with Crippen molar-refractivity contribution in [2.24, 2.45) is 0 Å². The first-order chi connectivity index (χ1) is 44.3. The lowest BCUT2D eigenvalue weighted by Crippen LogP contribution is -2.67. The van der Waals surface area contributed by atoms with E-state index in [1.54, 1.807) is 0 Å². The third-order valence-electron chi connectivity index (χ3n) is 18.5. The van der Waals surface area contributed by atoms with Gasteiger partial charge in [0.2, 0.25) is 5.91 Å². The van der Waals surface area contributed by atoms with Gasteiger partial charge in [0.15, 0.2) is 6.29 Å². The van der Waals surface area contributed by atoms with Crippen LogP contribution >= 0.6 is 15.6 Å². The number of carbonyl (C=O) groups is 1. The number of aliphatic hydroxyl groups is 15. The SMILES string of the molecule is CCCCCCCCCCCCCCCCCCCCCCCCC(O)C(=O)N[C@@H](COP(=O)(O)O[C@@H]1[C@H](O)[C@H](O)[C@@H](O)[C@H](O)[C@H]1OC1O[C@H](COP(=O)(O)OC2[C@H](O)[C@H](O)C(O)[C@H](O)[C@H]2O)[C@@H](O)[C@H](O)[C@@H]1O)[C@H](O)C(O)CCCCCCCCCCCCCCCC. The topological polar surface area (TPSA) is 463 Å². The Hall–Kier alpha value is -0.990. The van der Waals surface area contributed by atoms with Crippen LogP contribution in [0.3, 0.4) is 0 Å². The summed E-state index contributed by atoms with van der Waals surface area (Å²) in [5.74, 6) is -0.987. The van der Waals surface area contributed by atoms with Gasteiger partial charge in [0.25, 0.3) is 0 Å². The van der Waals surface area contributed by atoms with Crippen molar-refractivity contribution in [3.8, 4) is 0 Å². The van der Waals surface area contributed by atoms with E-state index < -0.39 is 163 Å². The van der Waals surface area contributed by atoms with Crippen LogP contribution in [0.5, 0.6) is 0 Å². The van der Waals surface area contributed by atoms with Crippen LogP contribution in [0.25, 0.3) is 0 Å². The highest BCUT2D eigenvalue weighted by molar-refractivity contribution is 7.47. The van der Waals surface area contributed by atoms with Gasteiger partial charge in [-0.15, -0.1) is 0 Å². The largest absolute Gasteiger partial charge is 0.472 e. The van der Waals surface area contributed by atoms with Gasteiger partial charge < -0.3 is 101 Å². The van der Waals surface area contributed by atoms with E-state index in [2.05, 4.69) is 19.2 Å². The molecule has 0 spiro atoms. The third kappa shape index (κ3) is 32.5. The minimum Gasteiger partial charge on any atom is -0.390 e. The molecule has 0 aromatic rings. The molecule has 1 saturated heterocycles. The van der Waals surface area contributed by atoms with E-state index >= 15 is 0 Å². The summed E-state index contributed by atoms with van der Waals surface area (Å²) in [6, 6.07) is -1.69. The van der Waals surface area contributed by atoms with Gasteiger partial charge in [-0.2, -0.15) is 0 Å². The van der Waals surface area contributed by atoms with Gasteiger partial charge in [0, 0.05) is 0 Å². The molecule has 552 valence electrons. The highest BCUT2D eigenvalue weighted by Gasteiger charge is 2.56. The Morgan fingerprint density at radius 1 is 0.398 bits per heavy atom. The molecule has 0 bridgehead atoms. The van der Waals surface area contributed by atoms with Crippen molar-refractivity contribution in [3.63, 3.8) is 0 Å². The highest BCUT2D eigenvalue weighted by Crippen LogP contribution is 2.49. The number of phosphoric acid groups is 2. The summed E-state index contributed by atoms with van der Waals surface area (Å²) in [7, 11) is -11.2. The van der Waals surface area contributed by atoms with Crippen LogP contribution in [-0.2, 0) is 41.5 Å². The van der Waals surface area contributed by atoms with Crippen molar-refractivity contribution in [3.05, 3.63) is 0 Å². The molecule has 1 heterocycles. The Morgan fingerprint density at radius 2 is 0.710 bits per heavy atom. The molecule has 3 rings (SSSR count). The second kappa shape index (κ2) is 47.9. The van der Waals surface area contributed by atoms with E-state index in [-0.39, 0.29) is 12.8 Å². The third-order valence-corrected chi connectivity index (χ3v) is 20.5. The Kier molecular flexibility index (Phi) is 44.5. The molecule has 0 aromatic carbocycles. The van der Waals surface area contributed by atoms with Crippen molar-refractivity contribution in [1.29, 1.82) is 0 Å². The first-order valence-electron chi connectivity index (χ1n) is 35.4. The molecule has 3 fully saturated rings. The lowest BCUT2D eigenvalue weighted by Gasteiger charge is -2.47. The van der Waals surface area contributed by atoms with Gasteiger partial charge in [-0.05, 0) is 12.8 Å². The maximum atomic E-state index is 13.8. The Balaban J connectivity index is 1.59. The molecular weight excluding hydrogens is 1260 g/mol. The van der Waals surface area contributed by atoms with Gasteiger partial charge in [0.1, 0.15) is 110 Å². The first-order valence-corrected chi connectivity index (χ1v) is 38.4. The molecule has 18 N–H and O–H groups in total. The average molecular weight is 1390 g/mol. The molecule has 93 heavy (non-hydrogen) atoms. The van der Waals surface area contributed by atoms with Crippen LogP contribution in [0.15, 0.2) is 0 Å². The van der Waals surface area contributed by atoms with Crippen LogP contribution in [0.2, 0.25) is 0 Å².